The van der Waals surface area contributed by atoms with E-state index >= 15 is 0 Å². The lowest BCUT2D eigenvalue weighted by Crippen LogP contribution is -2.33. The highest BCUT2D eigenvalue weighted by Gasteiger charge is 2.30. The highest BCUT2D eigenvalue weighted by molar-refractivity contribution is 7.77. The number of benzene rings is 2. The summed E-state index contributed by atoms with van der Waals surface area (Å²) in [6.45, 7) is 3.75. The summed E-state index contributed by atoms with van der Waals surface area (Å²) in [6.07, 6.45) is 0. The molecule has 3 rings (SSSR count). The number of ether oxygens (including phenoxy) is 1. The molecule has 8 heteroatoms. The van der Waals surface area contributed by atoms with Crippen molar-refractivity contribution in [1.29, 1.82) is 0 Å². The molecule has 0 radical (unpaired) electrons. The first kappa shape index (κ1) is 18.0. The molecule has 0 saturated carbocycles. The number of nitrogens with zero attached hydrogens (tertiary/aromatic N) is 1. The molecule has 2 aromatic rings. The van der Waals surface area contributed by atoms with Crippen molar-refractivity contribution in [2.24, 2.45) is 4.99 Å². The third-order valence-corrected chi connectivity index (χ3v) is 4.25. The molecule has 0 bridgehead atoms. The van der Waals surface area contributed by atoms with Crippen LogP contribution >= 0.6 is 11.6 Å². The molecule has 1 unspecified atom stereocenters. The van der Waals surface area contributed by atoms with Crippen LogP contribution in [-0.4, -0.2) is 20.2 Å². The van der Waals surface area contributed by atoms with Crippen LogP contribution < -0.4 is 9.46 Å². The molecular weight excluding hydrogens is 367 g/mol. The van der Waals surface area contributed by atoms with Gasteiger partial charge in [-0.1, -0.05) is 17.7 Å². The van der Waals surface area contributed by atoms with E-state index in [9.17, 15) is 8.60 Å². The fraction of sp³-hybridized carbons (Fsp3) is 0.235. The van der Waals surface area contributed by atoms with Crippen molar-refractivity contribution in [3.05, 3.63) is 63.9 Å². The van der Waals surface area contributed by atoms with E-state index in [4.69, 9.17) is 20.9 Å². The molecule has 0 aromatic heterocycles. The molecule has 5 nitrogen and oxygen atoms in total. The highest BCUT2D eigenvalue weighted by atomic mass is 35.5. The number of rotatable bonds is 4. The number of hydrogen-bond donors (Lipinski definition) is 2. The van der Waals surface area contributed by atoms with Crippen LogP contribution in [-0.2, 0) is 17.8 Å². The van der Waals surface area contributed by atoms with E-state index < -0.39 is 22.8 Å². The maximum atomic E-state index is 14.4. The van der Waals surface area contributed by atoms with E-state index in [0.29, 0.717) is 27.6 Å². The van der Waals surface area contributed by atoms with Gasteiger partial charge in [0.1, 0.15) is 11.6 Å². The van der Waals surface area contributed by atoms with Gasteiger partial charge < -0.3 is 4.74 Å². The zero-order chi connectivity index (χ0) is 18.2. The van der Waals surface area contributed by atoms with Crippen LogP contribution in [0.15, 0.2) is 41.4 Å². The van der Waals surface area contributed by atoms with E-state index in [1.807, 2.05) is 0 Å². The number of fused-ring (bicyclic) bond motifs is 1. The summed E-state index contributed by atoms with van der Waals surface area (Å²) in [5, 5.41) is 0.312. The van der Waals surface area contributed by atoms with Crippen molar-refractivity contribution in [3.8, 4) is 5.75 Å². The predicted octanol–water partition coefficient (Wildman–Crippen LogP) is 3.67. The minimum atomic E-state index is -2.10. The molecule has 1 aliphatic heterocycles. The number of halogens is 2. The Morgan fingerprint density at radius 1 is 1.28 bits per heavy atom. The molecule has 2 aromatic carbocycles. The Kier molecular flexibility index (Phi) is 4.92. The van der Waals surface area contributed by atoms with Gasteiger partial charge in [-0.15, -0.1) is 0 Å². The predicted molar refractivity (Wildman–Crippen MR) is 95.8 cm³/mol. The van der Waals surface area contributed by atoms with Crippen LogP contribution in [0.25, 0.3) is 0 Å². The van der Waals surface area contributed by atoms with Gasteiger partial charge in [0.25, 0.3) is 0 Å². The lowest BCUT2D eigenvalue weighted by Gasteiger charge is -2.30. The normalized spacial score (nSPS) is 16.6. The van der Waals surface area contributed by atoms with Crippen molar-refractivity contribution in [3.63, 3.8) is 0 Å². The Hall–Kier alpha value is -1.80. The van der Waals surface area contributed by atoms with Gasteiger partial charge >= 0.3 is 0 Å². The highest BCUT2D eigenvalue weighted by Crippen LogP contribution is 2.34. The third-order valence-electron chi connectivity index (χ3n) is 3.63. The number of aliphatic imine (C=N–C) groups is 1. The standard InChI is InChI=1S/C17H16ClFN2O3S/c1-17(2)21-16(12-6-4-11(18)8-14(12)19)13-5-3-10(7-15(13)24-17)9-20-25(22)23/h3-8,20H,9H2,1-2H3,(H,22,23). The zero-order valence-electron chi connectivity index (χ0n) is 13.5. The molecule has 1 heterocycles. The summed E-state index contributed by atoms with van der Waals surface area (Å²) >= 11 is 3.73. The Labute approximate surface area is 152 Å². The summed E-state index contributed by atoms with van der Waals surface area (Å²) in [5.74, 6) is 0.0729. The number of nitrogens with one attached hydrogen (secondary N) is 1. The second kappa shape index (κ2) is 6.84. The first-order chi connectivity index (χ1) is 11.7. The largest absolute Gasteiger partial charge is 0.466 e. The molecule has 0 fully saturated rings. The third kappa shape index (κ3) is 4.07. The molecule has 0 spiro atoms. The van der Waals surface area contributed by atoms with Gasteiger partial charge in [0, 0.05) is 22.7 Å². The second-order valence-corrected chi connectivity index (χ2v) is 7.26. The summed E-state index contributed by atoms with van der Waals surface area (Å²) < 4.78 is 42.3. The fourth-order valence-corrected chi connectivity index (χ4v) is 3.06. The lowest BCUT2D eigenvalue weighted by atomic mass is 9.97. The molecule has 1 atom stereocenters. The Morgan fingerprint density at radius 3 is 2.68 bits per heavy atom. The summed E-state index contributed by atoms with van der Waals surface area (Å²) in [5.41, 5.74) is 1.35. The molecule has 25 heavy (non-hydrogen) atoms. The van der Waals surface area contributed by atoms with Gasteiger partial charge in [0.2, 0.25) is 11.3 Å². The van der Waals surface area contributed by atoms with Gasteiger partial charge in [-0.2, -0.15) is 0 Å². The van der Waals surface area contributed by atoms with Gasteiger partial charge in [0.15, 0.2) is 5.72 Å². The van der Waals surface area contributed by atoms with Crippen molar-refractivity contribution in [1.82, 2.24) is 4.72 Å². The van der Waals surface area contributed by atoms with E-state index in [-0.39, 0.29) is 6.54 Å². The Balaban J connectivity index is 2.06. The van der Waals surface area contributed by atoms with Crippen molar-refractivity contribution in [2.45, 2.75) is 26.1 Å². The summed E-state index contributed by atoms with van der Waals surface area (Å²) in [6, 6.07) is 9.72. The van der Waals surface area contributed by atoms with Gasteiger partial charge in [-0.05, 0) is 49.7 Å². The summed E-state index contributed by atoms with van der Waals surface area (Å²) in [7, 11) is 0. The van der Waals surface area contributed by atoms with Crippen molar-refractivity contribution >= 4 is 28.6 Å². The van der Waals surface area contributed by atoms with Crippen molar-refractivity contribution < 1.29 is 17.9 Å². The quantitative estimate of drug-likeness (QED) is 0.792. The first-order valence-electron chi connectivity index (χ1n) is 7.47. The average Bonchev–Trinajstić information content (AvgIpc) is 2.51. The molecule has 1 aliphatic rings. The maximum Gasteiger partial charge on any atom is 0.232 e. The smallest absolute Gasteiger partial charge is 0.232 e. The average molecular weight is 383 g/mol. The Bertz CT molecular complexity index is 886. The zero-order valence-corrected chi connectivity index (χ0v) is 15.1. The molecule has 0 aliphatic carbocycles. The molecule has 2 N–H and O–H groups in total. The maximum absolute atomic E-state index is 14.4. The van der Waals surface area contributed by atoms with Crippen LogP contribution in [0.4, 0.5) is 4.39 Å². The van der Waals surface area contributed by atoms with Crippen molar-refractivity contribution in [2.75, 3.05) is 0 Å². The summed E-state index contributed by atoms with van der Waals surface area (Å²) in [4.78, 5) is 4.53. The van der Waals surface area contributed by atoms with E-state index in [1.54, 1.807) is 44.2 Å². The van der Waals surface area contributed by atoms with Crippen LogP contribution in [0.2, 0.25) is 5.02 Å². The lowest BCUT2D eigenvalue weighted by molar-refractivity contribution is 0.115. The molecule has 0 saturated heterocycles. The van der Waals surface area contributed by atoms with Crippen LogP contribution in [0.3, 0.4) is 0 Å². The minimum Gasteiger partial charge on any atom is -0.466 e. The Morgan fingerprint density at radius 2 is 2.00 bits per heavy atom. The van der Waals surface area contributed by atoms with Crippen LogP contribution in [0.5, 0.6) is 5.75 Å². The van der Waals surface area contributed by atoms with Gasteiger partial charge in [-0.25, -0.2) is 18.3 Å². The second-order valence-electron chi connectivity index (χ2n) is 6.03. The van der Waals surface area contributed by atoms with E-state index in [2.05, 4.69) is 9.71 Å². The SMILES string of the molecule is CC1(C)N=C(c2ccc(Cl)cc2F)c2ccc(CNS(=O)O)cc2O1. The number of hydrogen-bond acceptors (Lipinski definition) is 3. The van der Waals surface area contributed by atoms with Crippen LogP contribution in [0, 0.1) is 5.82 Å². The topological polar surface area (TPSA) is 70.9 Å². The van der Waals surface area contributed by atoms with E-state index in [0.717, 1.165) is 5.56 Å². The molecule has 0 amide bonds. The first-order valence-corrected chi connectivity index (χ1v) is 8.95. The molecule has 132 valence electrons. The monoisotopic (exact) mass is 382 g/mol. The van der Waals surface area contributed by atoms with E-state index in [1.165, 1.54) is 6.07 Å². The van der Waals surface area contributed by atoms with Crippen LogP contribution in [0.1, 0.15) is 30.5 Å². The van der Waals surface area contributed by atoms with Gasteiger partial charge in [-0.3, -0.25) is 4.55 Å². The fourth-order valence-electron chi connectivity index (χ4n) is 2.61. The molecular formula is C17H16ClFN2O3S. The minimum absolute atomic E-state index is 0.196. The van der Waals surface area contributed by atoms with Gasteiger partial charge in [0.05, 0.1) is 5.71 Å².